The van der Waals surface area contributed by atoms with Crippen LogP contribution in [-0.2, 0) is 6.54 Å². The van der Waals surface area contributed by atoms with Gasteiger partial charge >= 0.3 is 0 Å². The molecule has 2 aromatic heterocycles. The summed E-state index contributed by atoms with van der Waals surface area (Å²) in [6, 6.07) is 8.19. The summed E-state index contributed by atoms with van der Waals surface area (Å²) in [5, 5.41) is 7.44. The number of para-hydroxylation sites is 2. The SMILES string of the molecule is CCCNc1nc2ccccc2n1Cc1c(C)noc1C. The van der Waals surface area contributed by atoms with Crippen LogP contribution in [0.5, 0.6) is 0 Å². The van der Waals surface area contributed by atoms with Crippen LogP contribution < -0.4 is 5.32 Å². The van der Waals surface area contributed by atoms with Crippen LogP contribution in [0.4, 0.5) is 5.95 Å². The number of fused-ring (bicyclic) bond motifs is 1. The molecule has 0 saturated heterocycles. The summed E-state index contributed by atoms with van der Waals surface area (Å²) < 4.78 is 7.46. The minimum atomic E-state index is 0.716. The summed E-state index contributed by atoms with van der Waals surface area (Å²) in [5.41, 5.74) is 4.18. The van der Waals surface area contributed by atoms with E-state index in [1.165, 1.54) is 0 Å². The van der Waals surface area contributed by atoms with Gasteiger partial charge in [-0.1, -0.05) is 24.2 Å². The van der Waals surface area contributed by atoms with Crippen LogP contribution in [0.1, 0.15) is 30.4 Å². The second-order valence-corrected chi connectivity index (χ2v) is 5.24. The maximum Gasteiger partial charge on any atom is 0.204 e. The molecule has 21 heavy (non-hydrogen) atoms. The third kappa shape index (κ3) is 2.51. The van der Waals surface area contributed by atoms with Crippen LogP contribution in [0, 0.1) is 13.8 Å². The fourth-order valence-corrected chi connectivity index (χ4v) is 2.49. The van der Waals surface area contributed by atoms with Crippen molar-refractivity contribution in [3.05, 3.63) is 41.3 Å². The molecule has 110 valence electrons. The minimum Gasteiger partial charge on any atom is -0.361 e. The Morgan fingerprint density at radius 2 is 2.05 bits per heavy atom. The van der Waals surface area contributed by atoms with Gasteiger partial charge in [-0.25, -0.2) is 4.98 Å². The van der Waals surface area contributed by atoms with Crippen LogP contribution in [0.15, 0.2) is 28.8 Å². The minimum absolute atomic E-state index is 0.716. The summed E-state index contributed by atoms with van der Waals surface area (Å²) in [6.07, 6.45) is 1.06. The van der Waals surface area contributed by atoms with Gasteiger partial charge in [0.15, 0.2) is 0 Å². The Morgan fingerprint density at radius 3 is 2.76 bits per heavy atom. The molecule has 5 nitrogen and oxygen atoms in total. The van der Waals surface area contributed by atoms with Crippen LogP contribution >= 0.6 is 0 Å². The van der Waals surface area contributed by atoms with Crippen LogP contribution in [0.3, 0.4) is 0 Å². The zero-order valence-electron chi connectivity index (χ0n) is 12.7. The Labute approximate surface area is 124 Å². The summed E-state index contributed by atoms with van der Waals surface area (Å²) in [7, 11) is 0. The molecule has 2 heterocycles. The molecule has 0 bridgehead atoms. The number of aryl methyl sites for hydroxylation is 2. The van der Waals surface area contributed by atoms with Crippen molar-refractivity contribution in [2.24, 2.45) is 0 Å². The molecular weight excluding hydrogens is 264 g/mol. The van der Waals surface area contributed by atoms with Crippen molar-refractivity contribution < 1.29 is 4.52 Å². The summed E-state index contributed by atoms with van der Waals surface area (Å²) in [6.45, 7) is 7.70. The van der Waals surface area contributed by atoms with Crippen molar-refractivity contribution in [1.29, 1.82) is 0 Å². The van der Waals surface area contributed by atoms with E-state index >= 15 is 0 Å². The number of nitrogens with zero attached hydrogens (tertiary/aromatic N) is 3. The normalized spacial score (nSPS) is 11.2. The molecule has 0 aliphatic rings. The predicted molar refractivity (Wildman–Crippen MR) is 83.6 cm³/mol. The second-order valence-electron chi connectivity index (χ2n) is 5.24. The van der Waals surface area contributed by atoms with Gasteiger partial charge in [-0.3, -0.25) is 0 Å². The first kappa shape index (κ1) is 13.7. The lowest BCUT2D eigenvalue weighted by atomic mass is 10.2. The van der Waals surface area contributed by atoms with E-state index in [9.17, 15) is 0 Å². The molecule has 1 aromatic carbocycles. The van der Waals surface area contributed by atoms with E-state index in [1.807, 2.05) is 32.0 Å². The fourth-order valence-electron chi connectivity index (χ4n) is 2.49. The monoisotopic (exact) mass is 284 g/mol. The highest BCUT2D eigenvalue weighted by atomic mass is 16.5. The molecule has 1 N–H and O–H groups in total. The maximum atomic E-state index is 5.27. The highest BCUT2D eigenvalue weighted by Gasteiger charge is 2.15. The molecular formula is C16H20N4O. The van der Waals surface area contributed by atoms with Gasteiger partial charge in [-0.15, -0.1) is 0 Å². The van der Waals surface area contributed by atoms with Gasteiger partial charge in [0.05, 0.1) is 23.3 Å². The Kier molecular flexibility index (Phi) is 3.64. The topological polar surface area (TPSA) is 55.9 Å². The lowest BCUT2D eigenvalue weighted by Crippen LogP contribution is -2.10. The largest absolute Gasteiger partial charge is 0.361 e. The average molecular weight is 284 g/mol. The van der Waals surface area contributed by atoms with E-state index in [-0.39, 0.29) is 0 Å². The van der Waals surface area contributed by atoms with Gasteiger partial charge in [0, 0.05) is 12.1 Å². The Bertz CT molecular complexity index is 737. The van der Waals surface area contributed by atoms with Crippen LogP contribution in [-0.4, -0.2) is 21.3 Å². The van der Waals surface area contributed by atoms with Gasteiger partial charge in [-0.2, -0.15) is 0 Å². The van der Waals surface area contributed by atoms with Crippen molar-refractivity contribution in [3.8, 4) is 0 Å². The van der Waals surface area contributed by atoms with E-state index < -0.39 is 0 Å². The summed E-state index contributed by atoms with van der Waals surface area (Å²) in [4.78, 5) is 4.69. The third-order valence-electron chi connectivity index (χ3n) is 3.69. The first-order valence-electron chi connectivity index (χ1n) is 7.31. The highest BCUT2D eigenvalue weighted by Crippen LogP contribution is 2.23. The molecule has 0 atom stereocenters. The molecule has 0 aliphatic heterocycles. The zero-order chi connectivity index (χ0) is 14.8. The fraction of sp³-hybridized carbons (Fsp3) is 0.375. The van der Waals surface area contributed by atoms with Crippen molar-refractivity contribution in [2.75, 3.05) is 11.9 Å². The molecule has 3 aromatic rings. The highest BCUT2D eigenvalue weighted by molar-refractivity contribution is 5.78. The molecule has 3 rings (SSSR count). The number of anilines is 1. The lowest BCUT2D eigenvalue weighted by molar-refractivity contribution is 0.392. The number of benzene rings is 1. The number of hydrogen-bond donors (Lipinski definition) is 1. The van der Waals surface area contributed by atoms with E-state index in [0.29, 0.717) is 6.54 Å². The molecule has 0 spiro atoms. The van der Waals surface area contributed by atoms with Crippen molar-refractivity contribution >= 4 is 17.0 Å². The molecule has 0 unspecified atom stereocenters. The standard InChI is InChI=1S/C16H20N4O/c1-4-9-17-16-18-14-7-5-6-8-15(14)20(16)10-13-11(2)19-21-12(13)3/h5-8H,4,9-10H2,1-3H3,(H,17,18). The van der Waals surface area contributed by atoms with Gasteiger partial charge < -0.3 is 14.4 Å². The number of aromatic nitrogens is 3. The Balaban J connectivity index is 2.06. The molecule has 0 saturated carbocycles. The van der Waals surface area contributed by atoms with E-state index in [2.05, 4.69) is 28.0 Å². The molecule has 0 aliphatic carbocycles. The summed E-state index contributed by atoms with van der Waals surface area (Å²) >= 11 is 0. The predicted octanol–water partition coefficient (Wildman–Crippen LogP) is 3.51. The quantitative estimate of drug-likeness (QED) is 0.779. The Hall–Kier alpha value is -2.30. The zero-order valence-corrected chi connectivity index (χ0v) is 12.7. The molecule has 0 fully saturated rings. The van der Waals surface area contributed by atoms with Crippen molar-refractivity contribution in [1.82, 2.24) is 14.7 Å². The molecule has 0 amide bonds. The van der Waals surface area contributed by atoms with E-state index in [0.717, 1.165) is 47.0 Å². The Morgan fingerprint density at radius 1 is 1.24 bits per heavy atom. The first-order valence-corrected chi connectivity index (χ1v) is 7.31. The van der Waals surface area contributed by atoms with E-state index in [4.69, 9.17) is 9.51 Å². The van der Waals surface area contributed by atoms with Gasteiger partial charge in [0.1, 0.15) is 5.76 Å². The number of rotatable bonds is 5. The van der Waals surface area contributed by atoms with Gasteiger partial charge in [0.25, 0.3) is 0 Å². The van der Waals surface area contributed by atoms with E-state index in [1.54, 1.807) is 0 Å². The first-order chi connectivity index (χ1) is 10.2. The van der Waals surface area contributed by atoms with Crippen LogP contribution in [0.2, 0.25) is 0 Å². The summed E-state index contributed by atoms with van der Waals surface area (Å²) in [5.74, 6) is 1.77. The average Bonchev–Trinajstić information content (AvgIpc) is 3.00. The van der Waals surface area contributed by atoms with Gasteiger partial charge in [-0.05, 0) is 32.4 Å². The van der Waals surface area contributed by atoms with Crippen LogP contribution in [0.25, 0.3) is 11.0 Å². The number of imidazole rings is 1. The number of nitrogens with one attached hydrogen (secondary N) is 1. The third-order valence-corrected chi connectivity index (χ3v) is 3.69. The second kappa shape index (κ2) is 5.60. The smallest absolute Gasteiger partial charge is 0.204 e. The number of hydrogen-bond acceptors (Lipinski definition) is 4. The molecule has 5 heteroatoms. The van der Waals surface area contributed by atoms with Crippen molar-refractivity contribution in [2.45, 2.75) is 33.7 Å². The maximum absolute atomic E-state index is 5.27. The molecule has 0 radical (unpaired) electrons. The lowest BCUT2D eigenvalue weighted by Gasteiger charge is -2.10. The van der Waals surface area contributed by atoms with Gasteiger partial charge in [0.2, 0.25) is 5.95 Å². The van der Waals surface area contributed by atoms with Crippen molar-refractivity contribution in [3.63, 3.8) is 0 Å².